The van der Waals surface area contributed by atoms with E-state index in [1.54, 1.807) is 0 Å². The van der Waals surface area contributed by atoms with Crippen molar-refractivity contribution in [3.8, 4) is 0 Å². The number of nitrogens with two attached hydrogens (primary N) is 1. The lowest BCUT2D eigenvalue weighted by Gasteiger charge is -2.19. The Bertz CT molecular complexity index is 347. The molecule has 1 aromatic rings. The minimum atomic E-state index is 0.136. The molecule has 1 heterocycles. The van der Waals surface area contributed by atoms with Gasteiger partial charge in [0.15, 0.2) is 0 Å². The molecular formula is C13H21NO. The number of furan rings is 1. The van der Waals surface area contributed by atoms with Crippen LogP contribution in [0.5, 0.6) is 0 Å². The maximum atomic E-state index is 6.01. The van der Waals surface area contributed by atoms with E-state index in [0.29, 0.717) is 12.5 Å². The molecule has 2 nitrogen and oxygen atoms in total. The molecule has 0 aliphatic heterocycles. The van der Waals surface area contributed by atoms with Crippen molar-refractivity contribution in [1.82, 2.24) is 0 Å². The zero-order chi connectivity index (χ0) is 11.1. The van der Waals surface area contributed by atoms with Crippen LogP contribution in [0.15, 0.2) is 10.5 Å². The summed E-state index contributed by atoms with van der Waals surface area (Å²) in [6.45, 7) is 7.25. The fourth-order valence-electron chi connectivity index (χ4n) is 1.80. The number of rotatable bonds is 4. The van der Waals surface area contributed by atoms with E-state index in [-0.39, 0.29) is 5.41 Å². The van der Waals surface area contributed by atoms with E-state index in [0.717, 1.165) is 17.9 Å². The summed E-state index contributed by atoms with van der Waals surface area (Å²) in [6.07, 6.45) is 3.63. The van der Waals surface area contributed by atoms with Gasteiger partial charge in [0.2, 0.25) is 0 Å². The van der Waals surface area contributed by atoms with E-state index in [1.165, 1.54) is 18.4 Å². The first-order chi connectivity index (χ1) is 7.08. The summed E-state index contributed by atoms with van der Waals surface area (Å²) in [6, 6.07) is 2.16. The van der Waals surface area contributed by atoms with E-state index >= 15 is 0 Å². The Labute approximate surface area is 91.8 Å². The molecule has 1 aliphatic rings. The molecule has 0 bridgehead atoms. The molecule has 0 radical (unpaired) electrons. The van der Waals surface area contributed by atoms with Crippen molar-refractivity contribution in [3.63, 3.8) is 0 Å². The van der Waals surface area contributed by atoms with Crippen molar-refractivity contribution in [1.29, 1.82) is 0 Å². The molecule has 1 aromatic heterocycles. The molecule has 0 spiro atoms. The lowest BCUT2D eigenvalue weighted by Crippen LogP contribution is -2.14. The smallest absolute Gasteiger partial charge is 0.111 e. The first kappa shape index (κ1) is 10.7. The summed E-state index contributed by atoms with van der Waals surface area (Å²) in [5.41, 5.74) is 7.11. The highest BCUT2D eigenvalue weighted by atomic mass is 16.3. The SMILES string of the molecule is CCC(C)(C)c1cc(CN)c(C2CC2)o1. The van der Waals surface area contributed by atoms with Crippen LogP contribution in [0.25, 0.3) is 0 Å². The van der Waals surface area contributed by atoms with Crippen molar-refractivity contribution in [3.05, 3.63) is 23.2 Å². The van der Waals surface area contributed by atoms with Gasteiger partial charge in [-0.15, -0.1) is 0 Å². The van der Waals surface area contributed by atoms with E-state index in [2.05, 4.69) is 26.8 Å². The zero-order valence-corrected chi connectivity index (χ0v) is 9.97. The molecule has 2 rings (SSSR count). The quantitative estimate of drug-likeness (QED) is 0.822. The average Bonchev–Trinajstić information content (AvgIpc) is 2.97. The van der Waals surface area contributed by atoms with Gasteiger partial charge in [0, 0.05) is 23.4 Å². The van der Waals surface area contributed by atoms with Gasteiger partial charge in [-0.3, -0.25) is 0 Å². The molecule has 0 atom stereocenters. The number of hydrogen-bond donors (Lipinski definition) is 1. The van der Waals surface area contributed by atoms with Crippen molar-refractivity contribution < 1.29 is 4.42 Å². The molecule has 0 amide bonds. The molecule has 2 heteroatoms. The van der Waals surface area contributed by atoms with Crippen LogP contribution in [-0.4, -0.2) is 0 Å². The minimum Gasteiger partial charge on any atom is -0.465 e. The van der Waals surface area contributed by atoms with Gasteiger partial charge >= 0.3 is 0 Å². The second-order valence-corrected chi connectivity index (χ2v) is 5.22. The van der Waals surface area contributed by atoms with Gasteiger partial charge in [0.05, 0.1) is 0 Å². The Balaban J connectivity index is 2.33. The monoisotopic (exact) mass is 207 g/mol. The summed E-state index contributed by atoms with van der Waals surface area (Å²) < 4.78 is 6.01. The van der Waals surface area contributed by atoms with Gasteiger partial charge in [-0.05, 0) is 25.3 Å². The average molecular weight is 207 g/mol. The maximum absolute atomic E-state index is 6.01. The normalized spacial score (nSPS) is 17.1. The van der Waals surface area contributed by atoms with Crippen LogP contribution in [0, 0.1) is 0 Å². The molecule has 0 saturated heterocycles. The third kappa shape index (κ3) is 1.96. The van der Waals surface area contributed by atoms with Crippen LogP contribution < -0.4 is 5.73 Å². The fraction of sp³-hybridized carbons (Fsp3) is 0.692. The van der Waals surface area contributed by atoms with Crippen molar-refractivity contribution in [2.75, 3.05) is 0 Å². The molecule has 1 saturated carbocycles. The summed E-state index contributed by atoms with van der Waals surface area (Å²) in [7, 11) is 0. The van der Waals surface area contributed by atoms with Gasteiger partial charge in [0.1, 0.15) is 11.5 Å². The van der Waals surface area contributed by atoms with E-state index in [4.69, 9.17) is 10.2 Å². The van der Waals surface area contributed by atoms with E-state index in [1.807, 2.05) is 0 Å². The second kappa shape index (κ2) is 3.67. The summed E-state index contributed by atoms with van der Waals surface area (Å²) in [5, 5.41) is 0. The van der Waals surface area contributed by atoms with E-state index < -0.39 is 0 Å². The highest BCUT2D eigenvalue weighted by Crippen LogP contribution is 2.44. The second-order valence-electron chi connectivity index (χ2n) is 5.22. The van der Waals surface area contributed by atoms with Crippen LogP contribution in [0.1, 0.15) is 63.0 Å². The minimum absolute atomic E-state index is 0.136. The number of hydrogen-bond acceptors (Lipinski definition) is 2. The predicted octanol–water partition coefficient (Wildman–Crippen LogP) is 3.30. The Morgan fingerprint density at radius 1 is 1.47 bits per heavy atom. The third-order valence-electron chi connectivity index (χ3n) is 3.56. The van der Waals surface area contributed by atoms with Crippen LogP contribution in [0.3, 0.4) is 0 Å². The molecule has 0 unspecified atom stereocenters. The Morgan fingerprint density at radius 2 is 2.13 bits per heavy atom. The third-order valence-corrected chi connectivity index (χ3v) is 3.56. The molecule has 1 aliphatic carbocycles. The Morgan fingerprint density at radius 3 is 2.60 bits per heavy atom. The first-order valence-corrected chi connectivity index (χ1v) is 5.91. The Kier molecular flexibility index (Phi) is 2.63. The predicted molar refractivity (Wildman–Crippen MR) is 61.9 cm³/mol. The van der Waals surface area contributed by atoms with Gasteiger partial charge < -0.3 is 10.2 Å². The van der Waals surface area contributed by atoms with Gasteiger partial charge in [-0.25, -0.2) is 0 Å². The van der Waals surface area contributed by atoms with Crippen LogP contribution in [0.2, 0.25) is 0 Å². The van der Waals surface area contributed by atoms with Crippen LogP contribution in [-0.2, 0) is 12.0 Å². The highest BCUT2D eigenvalue weighted by Gasteiger charge is 2.32. The summed E-state index contributed by atoms with van der Waals surface area (Å²) >= 11 is 0. The highest BCUT2D eigenvalue weighted by molar-refractivity contribution is 5.30. The van der Waals surface area contributed by atoms with Crippen LogP contribution >= 0.6 is 0 Å². The van der Waals surface area contributed by atoms with Gasteiger partial charge in [-0.2, -0.15) is 0 Å². The molecule has 84 valence electrons. The van der Waals surface area contributed by atoms with Crippen molar-refractivity contribution in [2.45, 2.75) is 57.9 Å². The topological polar surface area (TPSA) is 39.2 Å². The molecule has 15 heavy (non-hydrogen) atoms. The molecule has 2 N–H and O–H groups in total. The lowest BCUT2D eigenvalue weighted by molar-refractivity contribution is 0.358. The standard InChI is InChI=1S/C13H21NO/c1-4-13(2,3)11-7-10(8-14)12(15-11)9-5-6-9/h7,9H,4-6,8,14H2,1-3H3. The van der Waals surface area contributed by atoms with Gasteiger partial charge in [0.25, 0.3) is 0 Å². The maximum Gasteiger partial charge on any atom is 0.111 e. The molecular weight excluding hydrogens is 186 g/mol. The van der Waals surface area contributed by atoms with Gasteiger partial charge in [-0.1, -0.05) is 20.8 Å². The summed E-state index contributed by atoms with van der Waals surface area (Å²) in [5.74, 6) is 2.92. The molecule has 1 fully saturated rings. The lowest BCUT2D eigenvalue weighted by atomic mass is 9.87. The Hall–Kier alpha value is -0.760. The largest absolute Gasteiger partial charge is 0.465 e. The van der Waals surface area contributed by atoms with Crippen molar-refractivity contribution >= 4 is 0 Å². The zero-order valence-electron chi connectivity index (χ0n) is 9.97. The van der Waals surface area contributed by atoms with Crippen molar-refractivity contribution in [2.24, 2.45) is 5.73 Å². The molecule has 0 aromatic carbocycles. The van der Waals surface area contributed by atoms with Crippen LogP contribution in [0.4, 0.5) is 0 Å². The van der Waals surface area contributed by atoms with E-state index in [9.17, 15) is 0 Å². The summed E-state index contributed by atoms with van der Waals surface area (Å²) in [4.78, 5) is 0. The fourth-order valence-corrected chi connectivity index (χ4v) is 1.80. The first-order valence-electron chi connectivity index (χ1n) is 5.91.